The van der Waals surface area contributed by atoms with Crippen molar-refractivity contribution in [3.63, 3.8) is 0 Å². The van der Waals surface area contributed by atoms with Gasteiger partial charge in [-0.05, 0) is 57.4 Å². The summed E-state index contributed by atoms with van der Waals surface area (Å²) in [5, 5.41) is 5.37. The maximum atomic E-state index is 12.0. The Morgan fingerprint density at radius 3 is 2.50 bits per heavy atom. The lowest BCUT2D eigenvalue weighted by atomic mass is 10.1. The van der Waals surface area contributed by atoms with Crippen LogP contribution in [-0.2, 0) is 9.53 Å². The second-order valence-electron chi connectivity index (χ2n) is 5.60. The summed E-state index contributed by atoms with van der Waals surface area (Å²) in [7, 11) is 0. The summed E-state index contributed by atoms with van der Waals surface area (Å²) in [6, 6.07) is 5.49. The van der Waals surface area contributed by atoms with Gasteiger partial charge in [-0.2, -0.15) is 0 Å². The molecule has 0 saturated carbocycles. The van der Waals surface area contributed by atoms with Gasteiger partial charge >= 0.3 is 0 Å². The zero-order chi connectivity index (χ0) is 16.5. The molecule has 1 rings (SSSR count). The van der Waals surface area contributed by atoms with Crippen LogP contribution in [0.15, 0.2) is 18.2 Å². The number of hydrogen-bond donors (Lipinski definition) is 2. The molecule has 5 heteroatoms. The first-order valence-corrected chi connectivity index (χ1v) is 7.64. The molecular formula is C17H26N2O3. The van der Waals surface area contributed by atoms with Gasteiger partial charge in [0.15, 0.2) is 0 Å². The van der Waals surface area contributed by atoms with E-state index in [-0.39, 0.29) is 24.5 Å². The average molecular weight is 306 g/mol. The van der Waals surface area contributed by atoms with Crippen LogP contribution in [0.2, 0.25) is 0 Å². The van der Waals surface area contributed by atoms with Gasteiger partial charge in [0.05, 0.1) is 12.6 Å². The quantitative estimate of drug-likeness (QED) is 0.722. The van der Waals surface area contributed by atoms with Gasteiger partial charge in [-0.1, -0.05) is 6.07 Å². The van der Waals surface area contributed by atoms with Crippen LogP contribution in [-0.4, -0.2) is 37.6 Å². The van der Waals surface area contributed by atoms with E-state index in [0.29, 0.717) is 18.7 Å². The van der Waals surface area contributed by atoms with Crippen LogP contribution < -0.4 is 10.6 Å². The molecule has 0 aromatic heterocycles. The molecule has 22 heavy (non-hydrogen) atoms. The summed E-state index contributed by atoms with van der Waals surface area (Å²) in [4.78, 5) is 23.6. The first-order valence-electron chi connectivity index (χ1n) is 7.64. The minimum Gasteiger partial charge on any atom is -0.379 e. The molecule has 5 nitrogen and oxygen atoms in total. The molecule has 2 amide bonds. The summed E-state index contributed by atoms with van der Waals surface area (Å²) in [5.41, 5.74) is 2.77. The molecule has 0 aliphatic carbocycles. The van der Waals surface area contributed by atoms with Crippen LogP contribution in [0.25, 0.3) is 0 Å². The highest BCUT2D eigenvalue weighted by Crippen LogP contribution is 2.09. The lowest BCUT2D eigenvalue weighted by molar-refractivity contribution is -0.120. The average Bonchev–Trinajstić information content (AvgIpc) is 2.47. The fourth-order valence-corrected chi connectivity index (χ4v) is 1.83. The molecule has 0 spiro atoms. The Hall–Kier alpha value is -1.88. The van der Waals surface area contributed by atoms with Gasteiger partial charge in [0, 0.05) is 18.7 Å². The van der Waals surface area contributed by atoms with Crippen LogP contribution in [0.5, 0.6) is 0 Å². The molecule has 0 aliphatic heterocycles. The fraction of sp³-hybridized carbons (Fsp3) is 0.529. The third kappa shape index (κ3) is 6.72. The van der Waals surface area contributed by atoms with E-state index in [1.54, 1.807) is 6.07 Å². The van der Waals surface area contributed by atoms with E-state index in [2.05, 4.69) is 10.6 Å². The number of aryl methyl sites for hydroxylation is 2. The smallest absolute Gasteiger partial charge is 0.251 e. The molecule has 1 aromatic rings. The Labute approximate surface area is 132 Å². The summed E-state index contributed by atoms with van der Waals surface area (Å²) < 4.78 is 5.38. The standard InChI is InChI=1S/C17H26N2O3/c1-12(2)22-9-5-8-18-16(20)11-19-17(21)15-7-6-13(3)14(4)10-15/h6-7,10,12H,5,8-9,11H2,1-4H3,(H,18,20)(H,19,21). The van der Waals surface area contributed by atoms with Gasteiger partial charge in [0.25, 0.3) is 5.91 Å². The number of ether oxygens (including phenoxy) is 1. The number of hydrogen-bond acceptors (Lipinski definition) is 3. The first kappa shape index (κ1) is 18.2. The van der Waals surface area contributed by atoms with Crippen LogP contribution >= 0.6 is 0 Å². The van der Waals surface area contributed by atoms with Gasteiger partial charge in [0.2, 0.25) is 5.91 Å². The predicted molar refractivity (Wildman–Crippen MR) is 87.0 cm³/mol. The zero-order valence-corrected chi connectivity index (χ0v) is 13.9. The van der Waals surface area contributed by atoms with Crippen LogP contribution in [0, 0.1) is 13.8 Å². The van der Waals surface area contributed by atoms with E-state index in [0.717, 1.165) is 17.5 Å². The Morgan fingerprint density at radius 1 is 1.14 bits per heavy atom. The monoisotopic (exact) mass is 306 g/mol. The Morgan fingerprint density at radius 2 is 1.86 bits per heavy atom. The molecule has 0 radical (unpaired) electrons. The third-order valence-electron chi connectivity index (χ3n) is 3.27. The highest BCUT2D eigenvalue weighted by atomic mass is 16.5. The molecule has 0 atom stereocenters. The van der Waals surface area contributed by atoms with E-state index >= 15 is 0 Å². The Balaban J connectivity index is 2.25. The number of amides is 2. The molecule has 1 aromatic carbocycles. The maximum Gasteiger partial charge on any atom is 0.251 e. The van der Waals surface area contributed by atoms with Crippen molar-refractivity contribution >= 4 is 11.8 Å². The van der Waals surface area contributed by atoms with Gasteiger partial charge in [-0.15, -0.1) is 0 Å². The van der Waals surface area contributed by atoms with Crippen molar-refractivity contribution in [3.05, 3.63) is 34.9 Å². The van der Waals surface area contributed by atoms with Crippen molar-refractivity contribution in [1.29, 1.82) is 0 Å². The molecule has 2 N–H and O–H groups in total. The van der Waals surface area contributed by atoms with Crippen molar-refractivity contribution in [1.82, 2.24) is 10.6 Å². The van der Waals surface area contributed by atoms with E-state index in [4.69, 9.17) is 4.74 Å². The van der Waals surface area contributed by atoms with Crippen LogP contribution in [0.4, 0.5) is 0 Å². The molecule has 122 valence electrons. The summed E-state index contributed by atoms with van der Waals surface area (Å²) >= 11 is 0. The van der Waals surface area contributed by atoms with Gasteiger partial charge in [-0.3, -0.25) is 9.59 Å². The van der Waals surface area contributed by atoms with Crippen molar-refractivity contribution in [3.8, 4) is 0 Å². The third-order valence-corrected chi connectivity index (χ3v) is 3.27. The van der Waals surface area contributed by atoms with Gasteiger partial charge < -0.3 is 15.4 Å². The number of carbonyl (C=O) groups is 2. The number of nitrogens with one attached hydrogen (secondary N) is 2. The second kappa shape index (κ2) is 9.20. The number of rotatable bonds is 8. The SMILES string of the molecule is Cc1ccc(C(=O)NCC(=O)NCCCOC(C)C)cc1C. The lowest BCUT2D eigenvalue weighted by Crippen LogP contribution is -2.37. The van der Waals surface area contributed by atoms with Gasteiger partial charge in [0.1, 0.15) is 0 Å². The van der Waals surface area contributed by atoms with Crippen molar-refractivity contribution in [2.75, 3.05) is 19.7 Å². The first-order chi connectivity index (χ1) is 10.4. The van der Waals surface area contributed by atoms with Crippen molar-refractivity contribution in [2.24, 2.45) is 0 Å². The molecule has 0 aliphatic rings. The molecule has 0 fully saturated rings. The topological polar surface area (TPSA) is 67.4 Å². The van der Waals surface area contributed by atoms with Crippen molar-refractivity contribution < 1.29 is 14.3 Å². The largest absolute Gasteiger partial charge is 0.379 e. The van der Waals surface area contributed by atoms with Gasteiger partial charge in [-0.25, -0.2) is 0 Å². The molecular weight excluding hydrogens is 280 g/mol. The number of benzene rings is 1. The number of carbonyl (C=O) groups excluding carboxylic acids is 2. The van der Waals surface area contributed by atoms with Crippen LogP contribution in [0.1, 0.15) is 41.8 Å². The Kier molecular flexibility index (Phi) is 7.60. The summed E-state index contributed by atoms with van der Waals surface area (Å²) in [6.07, 6.45) is 0.961. The summed E-state index contributed by atoms with van der Waals surface area (Å²) in [5.74, 6) is -0.428. The van der Waals surface area contributed by atoms with Crippen molar-refractivity contribution in [2.45, 2.75) is 40.2 Å². The maximum absolute atomic E-state index is 12.0. The fourth-order valence-electron chi connectivity index (χ4n) is 1.83. The second-order valence-corrected chi connectivity index (χ2v) is 5.60. The minimum atomic E-state index is -0.235. The highest BCUT2D eigenvalue weighted by molar-refractivity contribution is 5.96. The highest BCUT2D eigenvalue weighted by Gasteiger charge is 2.08. The lowest BCUT2D eigenvalue weighted by Gasteiger charge is -2.09. The Bertz CT molecular complexity index is 513. The van der Waals surface area contributed by atoms with E-state index in [1.165, 1.54) is 0 Å². The van der Waals surface area contributed by atoms with Crippen LogP contribution in [0.3, 0.4) is 0 Å². The summed E-state index contributed by atoms with van der Waals surface area (Å²) in [6.45, 7) is 9.04. The minimum absolute atomic E-state index is 0.0171. The molecule has 0 saturated heterocycles. The van der Waals surface area contributed by atoms with E-state index < -0.39 is 0 Å². The zero-order valence-electron chi connectivity index (χ0n) is 13.9. The molecule has 0 bridgehead atoms. The van der Waals surface area contributed by atoms with E-state index in [1.807, 2.05) is 39.8 Å². The van der Waals surface area contributed by atoms with E-state index in [9.17, 15) is 9.59 Å². The molecule has 0 heterocycles. The molecule has 0 unspecified atom stereocenters. The predicted octanol–water partition coefficient (Wildman–Crippen LogP) is 1.96. The normalized spacial score (nSPS) is 10.6.